The number of carbonyl (C=O) groups excluding carboxylic acids is 1. The minimum absolute atomic E-state index is 0.0716. The number of Topliss-reactive ketones (excluding diaryl/α,β-unsaturated/α-hetero) is 1. The summed E-state index contributed by atoms with van der Waals surface area (Å²) in [5.74, 6) is 0.792. The number of benzene rings is 1. The molecule has 0 bridgehead atoms. The van der Waals surface area contributed by atoms with Crippen LogP contribution in [0.3, 0.4) is 0 Å². The molecule has 0 heterocycles. The van der Waals surface area contributed by atoms with Crippen molar-refractivity contribution in [1.29, 1.82) is 0 Å². The first kappa shape index (κ1) is 14.7. The fourth-order valence-corrected chi connectivity index (χ4v) is 1.67. The first-order chi connectivity index (χ1) is 8.65. The lowest BCUT2D eigenvalue weighted by Crippen LogP contribution is -2.10. The highest BCUT2D eigenvalue weighted by atomic mass is 16.5. The third kappa shape index (κ3) is 4.88. The van der Waals surface area contributed by atoms with E-state index in [9.17, 15) is 4.79 Å². The lowest BCUT2D eigenvalue weighted by atomic mass is 10.1. The normalized spacial score (nSPS) is 10.7. The van der Waals surface area contributed by atoms with Gasteiger partial charge in [-0.1, -0.05) is 12.1 Å². The molecule has 0 amide bonds. The molecule has 0 fully saturated rings. The second-order valence-electron chi connectivity index (χ2n) is 4.39. The van der Waals surface area contributed by atoms with Gasteiger partial charge in [0.1, 0.15) is 5.75 Å². The molecule has 18 heavy (non-hydrogen) atoms. The van der Waals surface area contributed by atoms with Gasteiger partial charge in [-0.25, -0.2) is 0 Å². The lowest BCUT2D eigenvalue weighted by Gasteiger charge is -2.13. The molecule has 0 atom stereocenters. The third-order valence-electron chi connectivity index (χ3n) is 2.45. The highest BCUT2D eigenvalue weighted by molar-refractivity contribution is 5.98. The van der Waals surface area contributed by atoms with Gasteiger partial charge in [0.05, 0.1) is 11.7 Å². The number of rotatable bonds is 8. The molecule has 3 nitrogen and oxygen atoms in total. The molecule has 0 N–H and O–H groups in total. The molecule has 0 radical (unpaired) electrons. The molecule has 1 rings (SSSR count). The molecule has 0 aliphatic rings. The third-order valence-corrected chi connectivity index (χ3v) is 2.45. The predicted molar refractivity (Wildman–Crippen MR) is 72.3 cm³/mol. The molecular formula is C15H22O3. The number of hydrogen-bond donors (Lipinski definition) is 0. The average Bonchev–Trinajstić information content (AvgIpc) is 2.34. The van der Waals surface area contributed by atoms with E-state index in [0.717, 1.165) is 6.42 Å². The summed E-state index contributed by atoms with van der Waals surface area (Å²) in [5.41, 5.74) is 0.669. The SMILES string of the molecule is CCOCCCC(=O)c1ccccc1OC(C)C. The van der Waals surface area contributed by atoms with Crippen molar-refractivity contribution >= 4 is 5.78 Å². The van der Waals surface area contributed by atoms with Crippen LogP contribution in [0.1, 0.15) is 44.0 Å². The quantitative estimate of drug-likeness (QED) is 0.523. The summed E-state index contributed by atoms with van der Waals surface area (Å²) >= 11 is 0. The molecule has 100 valence electrons. The van der Waals surface area contributed by atoms with E-state index >= 15 is 0 Å². The van der Waals surface area contributed by atoms with Gasteiger partial charge in [-0.3, -0.25) is 4.79 Å². The standard InChI is InChI=1S/C15H22O3/c1-4-17-11-7-9-14(16)13-8-5-6-10-15(13)18-12(2)3/h5-6,8,10,12H,4,7,9,11H2,1-3H3. The van der Waals surface area contributed by atoms with E-state index in [1.165, 1.54) is 0 Å². The Hall–Kier alpha value is -1.35. The largest absolute Gasteiger partial charge is 0.490 e. The van der Waals surface area contributed by atoms with Crippen LogP contribution in [0, 0.1) is 0 Å². The Morgan fingerprint density at radius 1 is 1.28 bits per heavy atom. The zero-order chi connectivity index (χ0) is 13.4. The van der Waals surface area contributed by atoms with Gasteiger partial charge < -0.3 is 9.47 Å². The van der Waals surface area contributed by atoms with E-state index in [2.05, 4.69) is 0 Å². The van der Waals surface area contributed by atoms with Gasteiger partial charge in [-0.15, -0.1) is 0 Å². The smallest absolute Gasteiger partial charge is 0.166 e. The monoisotopic (exact) mass is 250 g/mol. The summed E-state index contributed by atoms with van der Waals surface area (Å²) in [5, 5.41) is 0. The zero-order valence-electron chi connectivity index (χ0n) is 11.4. The summed E-state index contributed by atoms with van der Waals surface area (Å²) < 4.78 is 10.9. The molecule has 1 aromatic carbocycles. The maximum absolute atomic E-state index is 12.1. The molecule has 1 aromatic rings. The van der Waals surface area contributed by atoms with E-state index in [0.29, 0.717) is 30.9 Å². The predicted octanol–water partition coefficient (Wildman–Crippen LogP) is 3.47. The molecular weight excluding hydrogens is 228 g/mol. The Morgan fingerprint density at radius 2 is 2.00 bits per heavy atom. The van der Waals surface area contributed by atoms with Crippen molar-refractivity contribution in [2.75, 3.05) is 13.2 Å². The van der Waals surface area contributed by atoms with Crippen molar-refractivity contribution in [2.24, 2.45) is 0 Å². The van der Waals surface area contributed by atoms with Crippen LogP contribution in [0.25, 0.3) is 0 Å². The van der Waals surface area contributed by atoms with E-state index in [-0.39, 0.29) is 11.9 Å². The Labute approximate surface area is 109 Å². The van der Waals surface area contributed by atoms with Crippen molar-refractivity contribution in [3.05, 3.63) is 29.8 Å². The summed E-state index contributed by atoms with van der Waals surface area (Å²) in [4.78, 5) is 12.1. The Balaban J connectivity index is 2.61. The van der Waals surface area contributed by atoms with Gasteiger partial charge in [0.15, 0.2) is 5.78 Å². The van der Waals surface area contributed by atoms with Gasteiger partial charge in [-0.2, -0.15) is 0 Å². The van der Waals surface area contributed by atoms with Gasteiger partial charge in [0.2, 0.25) is 0 Å². The van der Waals surface area contributed by atoms with E-state index in [4.69, 9.17) is 9.47 Å². The number of ketones is 1. The van der Waals surface area contributed by atoms with Crippen LogP contribution in [0.4, 0.5) is 0 Å². The summed E-state index contributed by atoms with van der Waals surface area (Å²) in [6.07, 6.45) is 1.32. The second-order valence-corrected chi connectivity index (χ2v) is 4.39. The highest BCUT2D eigenvalue weighted by Crippen LogP contribution is 2.21. The fourth-order valence-electron chi connectivity index (χ4n) is 1.67. The van der Waals surface area contributed by atoms with Crippen LogP contribution < -0.4 is 4.74 Å². The molecule has 0 aliphatic heterocycles. The molecule has 0 saturated carbocycles. The minimum atomic E-state index is 0.0716. The molecule has 3 heteroatoms. The summed E-state index contributed by atoms with van der Waals surface area (Å²) in [6.45, 7) is 7.19. The van der Waals surface area contributed by atoms with Crippen molar-refractivity contribution in [2.45, 2.75) is 39.7 Å². The minimum Gasteiger partial charge on any atom is -0.490 e. The van der Waals surface area contributed by atoms with Gasteiger partial charge in [0.25, 0.3) is 0 Å². The molecule has 0 saturated heterocycles. The number of ether oxygens (including phenoxy) is 2. The molecule has 0 unspecified atom stereocenters. The summed E-state index contributed by atoms with van der Waals surface area (Å²) in [7, 11) is 0. The van der Waals surface area contributed by atoms with Crippen LogP contribution in [-0.2, 0) is 4.74 Å². The second kappa shape index (κ2) is 7.88. The lowest BCUT2D eigenvalue weighted by molar-refractivity contribution is 0.0941. The van der Waals surface area contributed by atoms with Crippen LogP contribution >= 0.6 is 0 Å². The molecule has 0 aliphatic carbocycles. The Kier molecular flexibility index (Phi) is 6.44. The fraction of sp³-hybridized carbons (Fsp3) is 0.533. The first-order valence-corrected chi connectivity index (χ1v) is 6.51. The molecule has 0 spiro atoms. The van der Waals surface area contributed by atoms with Gasteiger partial charge in [0, 0.05) is 19.6 Å². The van der Waals surface area contributed by atoms with Crippen LogP contribution in [0.5, 0.6) is 5.75 Å². The first-order valence-electron chi connectivity index (χ1n) is 6.51. The van der Waals surface area contributed by atoms with E-state index < -0.39 is 0 Å². The topological polar surface area (TPSA) is 35.5 Å². The molecule has 0 aromatic heterocycles. The van der Waals surface area contributed by atoms with Crippen molar-refractivity contribution < 1.29 is 14.3 Å². The highest BCUT2D eigenvalue weighted by Gasteiger charge is 2.12. The number of hydrogen-bond acceptors (Lipinski definition) is 3. The van der Waals surface area contributed by atoms with Crippen molar-refractivity contribution in [1.82, 2.24) is 0 Å². The van der Waals surface area contributed by atoms with Crippen molar-refractivity contribution in [3.8, 4) is 5.75 Å². The van der Waals surface area contributed by atoms with E-state index in [1.54, 1.807) is 0 Å². The van der Waals surface area contributed by atoms with Gasteiger partial charge in [-0.05, 0) is 39.3 Å². The van der Waals surface area contributed by atoms with E-state index in [1.807, 2.05) is 45.0 Å². The maximum Gasteiger partial charge on any atom is 0.166 e. The number of carbonyl (C=O) groups is 1. The average molecular weight is 250 g/mol. The maximum atomic E-state index is 12.1. The van der Waals surface area contributed by atoms with Crippen LogP contribution in [0.2, 0.25) is 0 Å². The number of para-hydroxylation sites is 1. The Bertz CT molecular complexity index is 372. The Morgan fingerprint density at radius 3 is 2.67 bits per heavy atom. The summed E-state index contributed by atoms with van der Waals surface area (Å²) in [6, 6.07) is 7.41. The van der Waals surface area contributed by atoms with Gasteiger partial charge >= 0.3 is 0 Å². The van der Waals surface area contributed by atoms with Crippen LogP contribution in [-0.4, -0.2) is 25.1 Å². The zero-order valence-corrected chi connectivity index (χ0v) is 11.4. The van der Waals surface area contributed by atoms with Crippen molar-refractivity contribution in [3.63, 3.8) is 0 Å². The van der Waals surface area contributed by atoms with Crippen LogP contribution in [0.15, 0.2) is 24.3 Å².